The van der Waals surface area contributed by atoms with Crippen LogP contribution in [0.1, 0.15) is 45.5 Å². The maximum Gasteiger partial charge on any atom is 0.338 e. The van der Waals surface area contributed by atoms with E-state index in [9.17, 15) is 14.0 Å². The third kappa shape index (κ3) is 4.25. The summed E-state index contributed by atoms with van der Waals surface area (Å²) in [6.07, 6.45) is 6.03. The Hall–Kier alpha value is -3.46. The van der Waals surface area contributed by atoms with Crippen LogP contribution in [0.2, 0.25) is 0 Å². The van der Waals surface area contributed by atoms with Crippen LogP contribution in [0.25, 0.3) is 6.08 Å². The molecule has 2 aromatic carbocycles. The van der Waals surface area contributed by atoms with Crippen LogP contribution in [0, 0.1) is 23.1 Å². The zero-order valence-electron chi connectivity index (χ0n) is 16.4. The van der Waals surface area contributed by atoms with Gasteiger partial charge in [-0.15, -0.1) is 0 Å². The van der Waals surface area contributed by atoms with Gasteiger partial charge in [-0.2, -0.15) is 5.26 Å². The van der Waals surface area contributed by atoms with Crippen molar-refractivity contribution in [2.24, 2.45) is 5.92 Å². The summed E-state index contributed by atoms with van der Waals surface area (Å²) in [5.74, 6) is -0.390. The van der Waals surface area contributed by atoms with E-state index < -0.39 is 5.82 Å². The van der Waals surface area contributed by atoms with Crippen LogP contribution in [0.15, 0.2) is 42.5 Å². The van der Waals surface area contributed by atoms with Gasteiger partial charge in [-0.25, -0.2) is 9.18 Å². The molecule has 1 saturated heterocycles. The number of allylic oxidation sites excluding steroid dienone is 1. The summed E-state index contributed by atoms with van der Waals surface area (Å²) in [5.41, 5.74) is 3.16. The molecular weight excluding hydrogens is 383 g/mol. The highest BCUT2D eigenvalue weighted by Crippen LogP contribution is 2.23. The molecule has 2 aliphatic heterocycles. The molecule has 30 heavy (non-hydrogen) atoms. The minimum absolute atomic E-state index is 0.0417. The van der Waals surface area contributed by atoms with E-state index in [2.05, 4.69) is 6.08 Å². The Balaban J connectivity index is 1.30. The largest absolute Gasteiger partial charge is 0.457 e. The van der Waals surface area contributed by atoms with Gasteiger partial charge in [0, 0.05) is 18.7 Å². The summed E-state index contributed by atoms with van der Waals surface area (Å²) >= 11 is 0. The van der Waals surface area contributed by atoms with Crippen LogP contribution in [-0.4, -0.2) is 29.9 Å². The van der Waals surface area contributed by atoms with Gasteiger partial charge in [0.05, 0.1) is 17.5 Å². The quantitative estimate of drug-likeness (QED) is 0.726. The van der Waals surface area contributed by atoms with Crippen molar-refractivity contribution in [2.75, 3.05) is 13.1 Å². The number of benzene rings is 2. The topological polar surface area (TPSA) is 70.4 Å². The van der Waals surface area contributed by atoms with E-state index in [1.54, 1.807) is 18.2 Å². The summed E-state index contributed by atoms with van der Waals surface area (Å²) in [7, 11) is 0. The SMILES string of the molecule is N#Cc1cc(/C=C/C2CCN(C(=O)Cc3ccc4c(c3)COC4=O)CC2)ccc1F. The molecule has 1 amide bonds. The first-order chi connectivity index (χ1) is 14.5. The Bertz CT molecular complexity index is 1060. The molecule has 0 radical (unpaired) electrons. The van der Waals surface area contributed by atoms with E-state index in [0.29, 0.717) is 31.0 Å². The number of carbonyl (C=O) groups is 2. The third-order valence-electron chi connectivity index (χ3n) is 5.67. The fraction of sp³-hybridized carbons (Fsp3) is 0.292. The van der Waals surface area contributed by atoms with E-state index in [0.717, 1.165) is 29.5 Å². The maximum absolute atomic E-state index is 13.4. The normalized spacial score (nSPS) is 16.4. The molecule has 0 aliphatic carbocycles. The molecule has 0 bridgehead atoms. The Morgan fingerprint density at radius 1 is 1.23 bits per heavy atom. The van der Waals surface area contributed by atoms with Crippen LogP contribution in [0.3, 0.4) is 0 Å². The van der Waals surface area contributed by atoms with Crippen LogP contribution >= 0.6 is 0 Å². The molecule has 0 aromatic heterocycles. The number of fused-ring (bicyclic) bond motifs is 1. The lowest BCUT2D eigenvalue weighted by molar-refractivity contribution is -0.131. The summed E-state index contributed by atoms with van der Waals surface area (Å²) in [4.78, 5) is 26.1. The van der Waals surface area contributed by atoms with E-state index >= 15 is 0 Å². The van der Waals surface area contributed by atoms with Crippen molar-refractivity contribution in [3.05, 3.63) is 76.1 Å². The fourth-order valence-electron chi connectivity index (χ4n) is 3.90. The Morgan fingerprint density at radius 3 is 2.80 bits per heavy atom. The number of hydrogen-bond acceptors (Lipinski definition) is 4. The molecule has 0 atom stereocenters. The number of likely N-dealkylation sites (tertiary alicyclic amines) is 1. The van der Waals surface area contributed by atoms with Crippen LogP contribution in [-0.2, 0) is 22.6 Å². The van der Waals surface area contributed by atoms with Crippen LogP contribution < -0.4 is 0 Å². The van der Waals surface area contributed by atoms with Gasteiger partial charge in [0.15, 0.2) is 0 Å². The van der Waals surface area contributed by atoms with Crippen molar-refractivity contribution in [3.8, 4) is 6.07 Å². The number of piperidine rings is 1. The second-order valence-corrected chi connectivity index (χ2v) is 7.67. The zero-order chi connectivity index (χ0) is 21.1. The van der Waals surface area contributed by atoms with Gasteiger partial charge in [0.2, 0.25) is 5.91 Å². The molecule has 0 spiro atoms. The maximum atomic E-state index is 13.4. The monoisotopic (exact) mass is 404 g/mol. The highest BCUT2D eigenvalue weighted by Gasteiger charge is 2.24. The molecule has 152 valence electrons. The lowest BCUT2D eigenvalue weighted by Crippen LogP contribution is -2.39. The molecule has 6 heteroatoms. The molecule has 5 nitrogen and oxygen atoms in total. The van der Waals surface area contributed by atoms with Gasteiger partial charge in [-0.3, -0.25) is 4.79 Å². The zero-order valence-corrected chi connectivity index (χ0v) is 16.4. The van der Waals surface area contributed by atoms with Crippen LogP contribution in [0.4, 0.5) is 4.39 Å². The smallest absolute Gasteiger partial charge is 0.338 e. The Kier molecular flexibility index (Phi) is 5.62. The summed E-state index contributed by atoms with van der Waals surface area (Å²) in [5, 5.41) is 8.93. The van der Waals surface area contributed by atoms with E-state index in [4.69, 9.17) is 10.00 Å². The summed E-state index contributed by atoms with van der Waals surface area (Å²) in [6, 6.07) is 11.8. The number of nitriles is 1. The van der Waals surface area contributed by atoms with Gasteiger partial charge in [-0.1, -0.05) is 30.4 Å². The predicted octanol–water partition coefficient (Wildman–Crippen LogP) is 3.86. The number of hydrogen-bond donors (Lipinski definition) is 0. The standard InChI is InChI=1S/C24H21FN2O3/c25-22-6-4-17(11-19(22)14-26)2-1-16-7-9-27(10-8-16)23(28)13-18-3-5-21-20(12-18)15-30-24(21)29/h1-6,11-12,16H,7-10,13,15H2/b2-1+. The number of cyclic esters (lactones) is 1. The molecule has 0 unspecified atom stereocenters. The van der Waals surface area contributed by atoms with Crippen LogP contribution in [0.5, 0.6) is 0 Å². The number of halogens is 1. The molecule has 4 rings (SSSR count). The average molecular weight is 404 g/mol. The number of rotatable bonds is 4. The molecule has 0 N–H and O–H groups in total. The van der Waals surface area contributed by atoms with Crippen molar-refractivity contribution in [3.63, 3.8) is 0 Å². The summed E-state index contributed by atoms with van der Waals surface area (Å²) < 4.78 is 18.4. The number of carbonyl (C=O) groups excluding carboxylic acids is 2. The molecule has 2 aliphatic rings. The van der Waals surface area contributed by atoms with E-state index in [-0.39, 0.29) is 24.0 Å². The minimum Gasteiger partial charge on any atom is -0.457 e. The minimum atomic E-state index is -0.510. The van der Waals surface area contributed by atoms with Gasteiger partial charge < -0.3 is 9.64 Å². The lowest BCUT2D eigenvalue weighted by Gasteiger charge is -2.31. The predicted molar refractivity (Wildman–Crippen MR) is 109 cm³/mol. The van der Waals surface area contributed by atoms with Gasteiger partial charge >= 0.3 is 5.97 Å². The van der Waals surface area contributed by atoms with Crippen molar-refractivity contribution >= 4 is 18.0 Å². The van der Waals surface area contributed by atoms with Gasteiger partial charge in [-0.05, 0) is 48.1 Å². The molecule has 2 heterocycles. The second-order valence-electron chi connectivity index (χ2n) is 7.67. The number of esters is 1. The van der Waals surface area contributed by atoms with Gasteiger partial charge in [0.25, 0.3) is 0 Å². The molecular formula is C24H21FN2O3. The molecule has 2 aromatic rings. The van der Waals surface area contributed by atoms with E-state index in [1.165, 1.54) is 6.07 Å². The first kappa shape index (κ1) is 19.8. The molecule has 0 saturated carbocycles. The first-order valence-corrected chi connectivity index (χ1v) is 9.98. The lowest BCUT2D eigenvalue weighted by atomic mass is 9.95. The van der Waals surface area contributed by atoms with Crippen molar-refractivity contribution < 1.29 is 18.7 Å². The fourth-order valence-corrected chi connectivity index (χ4v) is 3.90. The van der Waals surface area contributed by atoms with Crippen molar-refractivity contribution in [1.82, 2.24) is 4.90 Å². The second kappa shape index (κ2) is 8.50. The average Bonchev–Trinajstić information content (AvgIpc) is 3.13. The van der Waals surface area contributed by atoms with E-state index in [1.807, 2.05) is 29.2 Å². The number of ether oxygens (including phenoxy) is 1. The van der Waals surface area contributed by atoms with Crippen molar-refractivity contribution in [1.29, 1.82) is 5.26 Å². The number of amides is 1. The highest BCUT2D eigenvalue weighted by molar-refractivity contribution is 5.93. The van der Waals surface area contributed by atoms with Crippen molar-refractivity contribution in [2.45, 2.75) is 25.9 Å². The number of nitrogens with zero attached hydrogens (tertiary/aromatic N) is 2. The Labute approximate surface area is 174 Å². The third-order valence-corrected chi connectivity index (χ3v) is 5.67. The first-order valence-electron chi connectivity index (χ1n) is 9.98. The summed E-state index contributed by atoms with van der Waals surface area (Å²) in [6.45, 7) is 1.65. The highest BCUT2D eigenvalue weighted by atomic mass is 19.1. The van der Waals surface area contributed by atoms with Gasteiger partial charge in [0.1, 0.15) is 18.5 Å². The Morgan fingerprint density at radius 2 is 2.03 bits per heavy atom. The molecule has 1 fully saturated rings.